The molecule has 0 spiro atoms. The standard InChI is InChI=1S/C18H15N3O2/c1-22-15-8-7-11(9-16(15)23-2)18-20-14-10-19-13-6-4-3-5-12(13)17(14)21-18/h3-10H,1-2H3,(H,20,21). The highest BCUT2D eigenvalue weighted by Crippen LogP contribution is 2.32. The number of ether oxygens (including phenoxy) is 2. The quantitative estimate of drug-likeness (QED) is 0.625. The fourth-order valence-electron chi connectivity index (χ4n) is 2.73. The van der Waals surface area contributed by atoms with Gasteiger partial charge in [-0.05, 0) is 24.3 Å². The predicted octanol–water partition coefficient (Wildman–Crippen LogP) is 3.80. The molecule has 1 N–H and O–H groups in total. The molecule has 0 bridgehead atoms. The average Bonchev–Trinajstić information content (AvgIpc) is 3.05. The number of H-pyrrole nitrogens is 1. The van der Waals surface area contributed by atoms with Crippen LogP contribution in [-0.4, -0.2) is 29.2 Å². The molecule has 23 heavy (non-hydrogen) atoms. The zero-order valence-corrected chi connectivity index (χ0v) is 12.8. The molecule has 0 unspecified atom stereocenters. The maximum absolute atomic E-state index is 5.36. The Kier molecular flexibility index (Phi) is 3.12. The molecule has 0 saturated heterocycles. The van der Waals surface area contributed by atoms with E-state index in [1.165, 1.54) is 0 Å². The molecule has 0 aliphatic carbocycles. The Morgan fingerprint density at radius 1 is 0.957 bits per heavy atom. The van der Waals surface area contributed by atoms with Crippen LogP contribution in [-0.2, 0) is 0 Å². The van der Waals surface area contributed by atoms with Gasteiger partial charge >= 0.3 is 0 Å². The molecule has 0 saturated carbocycles. The molecule has 0 radical (unpaired) electrons. The Hall–Kier alpha value is -3.08. The third kappa shape index (κ3) is 2.17. The van der Waals surface area contributed by atoms with E-state index in [0.29, 0.717) is 11.5 Å². The minimum Gasteiger partial charge on any atom is -0.493 e. The largest absolute Gasteiger partial charge is 0.493 e. The summed E-state index contributed by atoms with van der Waals surface area (Å²) in [6, 6.07) is 13.7. The molecule has 2 aromatic carbocycles. The lowest BCUT2D eigenvalue weighted by molar-refractivity contribution is 0.355. The van der Waals surface area contributed by atoms with Gasteiger partial charge in [0.2, 0.25) is 0 Å². The first kappa shape index (κ1) is 13.6. The average molecular weight is 305 g/mol. The molecule has 0 amide bonds. The lowest BCUT2D eigenvalue weighted by Gasteiger charge is -2.08. The van der Waals surface area contributed by atoms with Gasteiger partial charge in [0.1, 0.15) is 5.82 Å². The number of benzene rings is 2. The molecule has 0 aliphatic rings. The molecule has 5 heteroatoms. The molecule has 2 aromatic heterocycles. The number of methoxy groups -OCH3 is 2. The first-order chi connectivity index (χ1) is 11.3. The van der Waals surface area contributed by atoms with Crippen LogP contribution in [0.3, 0.4) is 0 Å². The normalized spacial score (nSPS) is 11.0. The van der Waals surface area contributed by atoms with Crippen LogP contribution in [0.5, 0.6) is 11.5 Å². The third-order valence-electron chi connectivity index (χ3n) is 3.88. The van der Waals surface area contributed by atoms with Crippen molar-refractivity contribution >= 4 is 21.9 Å². The van der Waals surface area contributed by atoms with Gasteiger partial charge in [0.05, 0.1) is 37.0 Å². The van der Waals surface area contributed by atoms with E-state index in [4.69, 9.17) is 14.5 Å². The van der Waals surface area contributed by atoms with Crippen molar-refractivity contribution in [3.05, 3.63) is 48.7 Å². The maximum Gasteiger partial charge on any atom is 0.161 e. The van der Waals surface area contributed by atoms with Gasteiger partial charge < -0.3 is 14.5 Å². The summed E-state index contributed by atoms with van der Waals surface area (Å²) in [5.41, 5.74) is 3.70. The fraction of sp³-hybridized carbons (Fsp3) is 0.111. The van der Waals surface area contributed by atoms with E-state index in [1.54, 1.807) is 14.2 Å². The number of imidazole rings is 1. The minimum absolute atomic E-state index is 0.674. The second-order valence-electron chi connectivity index (χ2n) is 5.19. The van der Waals surface area contributed by atoms with Crippen LogP contribution in [0.15, 0.2) is 48.7 Å². The highest BCUT2D eigenvalue weighted by molar-refractivity contribution is 6.02. The van der Waals surface area contributed by atoms with Gasteiger partial charge in [-0.25, -0.2) is 4.98 Å². The zero-order chi connectivity index (χ0) is 15.8. The number of aromatic amines is 1. The number of nitrogens with zero attached hydrogens (tertiary/aromatic N) is 2. The second kappa shape index (κ2) is 5.28. The highest BCUT2D eigenvalue weighted by Gasteiger charge is 2.11. The molecule has 2 heterocycles. The van der Waals surface area contributed by atoms with E-state index in [1.807, 2.05) is 48.7 Å². The van der Waals surface area contributed by atoms with E-state index in [0.717, 1.165) is 33.3 Å². The first-order valence-electron chi connectivity index (χ1n) is 7.26. The number of pyridine rings is 1. The van der Waals surface area contributed by atoms with Crippen molar-refractivity contribution in [2.75, 3.05) is 14.2 Å². The second-order valence-corrected chi connectivity index (χ2v) is 5.19. The SMILES string of the molecule is COc1ccc(-c2nc3c(cnc4ccccc43)[nH]2)cc1OC. The van der Waals surface area contributed by atoms with Crippen molar-refractivity contribution in [2.45, 2.75) is 0 Å². The van der Waals surface area contributed by atoms with Gasteiger partial charge in [0, 0.05) is 10.9 Å². The number of hydrogen-bond donors (Lipinski definition) is 1. The summed E-state index contributed by atoms with van der Waals surface area (Å²) < 4.78 is 10.6. The lowest BCUT2D eigenvalue weighted by atomic mass is 10.2. The van der Waals surface area contributed by atoms with Crippen molar-refractivity contribution in [2.24, 2.45) is 0 Å². The Bertz CT molecular complexity index is 1010. The Morgan fingerprint density at radius 2 is 1.78 bits per heavy atom. The molecule has 4 aromatic rings. The fourth-order valence-corrected chi connectivity index (χ4v) is 2.73. The van der Waals surface area contributed by atoms with Crippen LogP contribution >= 0.6 is 0 Å². The Labute approximate surface area is 132 Å². The molecule has 4 rings (SSSR count). The minimum atomic E-state index is 0.674. The third-order valence-corrected chi connectivity index (χ3v) is 3.88. The van der Waals surface area contributed by atoms with E-state index in [-0.39, 0.29) is 0 Å². The van der Waals surface area contributed by atoms with Crippen LogP contribution < -0.4 is 9.47 Å². The first-order valence-corrected chi connectivity index (χ1v) is 7.26. The van der Waals surface area contributed by atoms with E-state index >= 15 is 0 Å². The number of para-hydroxylation sites is 1. The van der Waals surface area contributed by atoms with Crippen LogP contribution in [0.4, 0.5) is 0 Å². The Balaban J connectivity index is 1.91. The van der Waals surface area contributed by atoms with Gasteiger partial charge in [0.25, 0.3) is 0 Å². The van der Waals surface area contributed by atoms with Crippen LogP contribution in [0.1, 0.15) is 0 Å². The smallest absolute Gasteiger partial charge is 0.161 e. The number of fused-ring (bicyclic) bond motifs is 3. The molecule has 0 fully saturated rings. The summed E-state index contributed by atoms with van der Waals surface area (Å²) >= 11 is 0. The molecule has 0 aliphatic heterocycles. The van der Waals surface area contributed by atoms with Crippen molar-refractivity contribution in [1.82, 2.24) is 15.0 Å². The van der Waals surface area contributed by atoms with Gasteiger partial charge in [-0.15, -0.1) is 0 Å². The summed E-state index contributed by atoms with van der Waals surface area (Å²) in [6.45, 7) is 0. The molecular formula is C18H15N3O2. The molecule has 0 atom stereocenters. The van der Waals surface area contributed by atoms with Crippen molar-refractivity contribution < 1.29 is 9.47 Å². The summed E-state index contributed by atoms with van der Waals surface area (Å²) in [5.74, 6) is 2.15. The summed E-state index contributed by atoms with van der Waals surface area (Å²) in [6.07, 6.45) is 1.81. The Morgan fingerprint density at radius 3 is 2.61 bits per heavy atom. The zero-order valence-electron chi connectivity index (χ0n) is 12.8. The van der Waals surface area contributed by atoms with Crippen LogP contribution in [0.2, 0.25) is 0 Å². The number of nitrogens with one attached hydrogen (secondary N) is 1. The molecular weight excluding hydrogens is 290 g/mol. The maximum atomic E-state index is 5.36. The van der Waals surface area contributed by atoms with Crippen molar-refractivity contribution in [3.63, 3.8) is 0 Å². The van der Waals surface area contributed by atoms with Crippen LogP contribution in [0, 0.1) is 0 Å². The highest BCUT2D eigenvalue weighted by atomic mass is 16.5. The summed E-state index contributed by atoms with van der Waals surface area (Å²) in [5, 5.41) is 1.04. The van der Waals surface area contributed by atoms with Gasteiger partial charge in [-0.1, -0.05) is 18.2 Å². The van der Waals surface area contributed by atoms with Gasteiger partial charge in [0.15, 0.2) is 11.5 Å². The summed E-state index contributed by atoms with van der Waals surface area (Å²) in [7, 11) is 3.24. The van der Waals surface area contributed by atoms with Crippen LogP contribution in [0.25, 0.3) is 33.3 Å². The van der Waals surface area contributed by atoms with E-state index < -0.39 is 0 Å². The van der Waals surface area contributed by atoms with Crippen molar-refractivity contribution in [3.8, 4) is 22.9 Å². The predicted molar refractivity (Wildman–Crippen MR) is 89.9 cm³/mol. The number of hydrogen-bond acceptors (Lipinski definition) is 4. The van der Waals surface area contributed by atoms with E-state index in [9.17, 15) is 0 Å². The number of aromatic nitrogens is 3. The van der Waals surface area contributed by atoms with E-state index in [2.05, 4.69) is 9.97 Å². The van der Waals surface area contributed by atoms with Crippen molar-refractivity contribution in [1.29, 1.82) is 0 Å². The van der Waals surface area contributed by atoms with Gasteiger partial charge in [-0.2, -0.15) is 0 Å². The van der Waals surface area contributed by atoms with Gasteiger partial charge in [-0.3, -0.25) is 4.98 Å². The number of rotatable bonds is 3. The molecule has 114 valence electrons. The lowest BCUT2D eigenvalue weighted by Crippen LogP contribution is -1.91. The topological polar surface area (TPSA) is 60.0 Å². The summed E-state index contributed by atoms with van der Waals surface area (Å²) in [4.78, 5) is 12.5. The molecule has 5 nitrogen and oxygen atoms in total. The monoisotopic (exact) mass is 305 g/mol.